The van der Waals surface area contributed by atoms with Crippen molar-refractivity contribution in [3.05, 3.63) is 0 Å². The predicted molar refractivity (Wildman–Crippen MR) is 57.7 cm³/mol. The van der Waals surface area contributed by atoms with Gasteiger partial charge in [-0.1, -0.05) is 6.92 Å². The number of morpholine rings is 1. The second kappa shape index (κ2) is 5.47. The first-order chi connectivity index (χ1) is 7.08. The topological polar surface area (TPSA) is 38.8 Å². The molecule has 15 heavy (non-hydrogen) atoms. The van der Waals surface area contributed by atoms with Crippen LogP contribution in [-0.4, -0.2) is 49.3 Å². The van der Waals surface area contributed by atoms with E-state index in [1.165, 1.54) is 7.11 Å². The number of rotatable bonds is 3. The third-order valence-electron chi connectivity index (χ3n) is 2.75. The van der Waals surface area contributed by atoms with Crippen LogP contribution >= 0.6 is 0 Å². The van der Waals surface area contributed by atoms with Gasteiger partial charge in [0, 0.05) is 13.1 Å². The van der Waals surface area contributed by atoms with Gasteiger partial charge in [-0.25, -0.2) is 0 Å². The molecular weight excluding hydrogens is 194 g/mol. The number of methoxy groups -OCH3 is 1. The van der Waals surface area contributed by atoms with E-state index in [4.69, 9.17) is 9.47 Å². The van der Waals surface area contributed by atoms with E-state index in [9.17, 15) is 4.79 Å². The van der Waals surface area contributed by atoms with Gasteiger partial charge in [0.2, 0.25) is 0 Å². The third kappa shape index (κ3) is 3.18. The van der Waals surface area contributed by atoms with Crippen molar-refractivity contribution < 1.29 is 14.3 Å². The molecule has 0 unspecified atom stereocenters. The molecule has 1 rings (SSSR count). The first-order valence-corrected chi connectivity index (χ1v) is 5.55. The van der Waals surface area contributed by atoms with Crippen molar-refractivity contribution >= 4 is 5.97 Å². The maximum atomic E-state index is 11.6. The molecule has 1 heterocycles. The Morgan fingerprint density at radius 3 is 2.40 bits per heavy atom. The van der Waals surface area contributed by atoms with E-state index in [0.717, 1.165) is 19.5 Å². The van der Waals surface area contributed by atoms with E-state index in [1.54, 1.807) is 0 Å². The molecule has 0 saturated carbocycles. The van der Waals surface area contributed by atoms with E-state index in [2.05, 4.69) is 4.90 Å². The lowest BCUT2D eigenvalue weighted by Gasteiger charge is -2.38. The lowest BCUT2D eigenvalue weighted by atomic mass is 10.1. The first-order valence-electron chi connectivity index (χ1n) is 5.55. The Labute approximate surface area is 91.5 Å². The summed E-state index contributed by atoms with van der Waals surface area (Å²) in [7, 11) is 1.44. The monoisotopic (exact) mass is 215 g/mol. The quantitative estimate of drug-likeness (QED) is 0.660. The summed E-state index contributed by atoms with van der Waals surface area (Å²) in [6.45, 7) is 7.68. The molecule has 0 spiro atoms. The van der Waals surface area contributed by atoms with E-state index >= 15 is 0 Å². The highest BCUT2D eigenvalue weighted by molar-refractivity contribution is 5.75. The molecule has 1 aliphatic rings. The second-order valence-corrected chi connectivity index (χ2v) is 4.16. The van der Waals surface area contributed by atoms with Crippen LogP contribution in [0.2, 0.25) is 0 Å². The van der Waals surface area contributed by atoms with E-state index in [-0.39, 0.29) is 24.2 Å². The van der Waals surface area contributed by atoms with Crippen LogP contribution in [0.5, 0.6) is 0 Å². The van der Waals surface area contributed by atoms with Gasteiger partial charge in [-0.2, -0.15) is 0 Å². The highest BCUT2D eigenvalue weighted by Gasteiger charge is 2.31. The second-order valence-electron chi connectivity index (χ2n) is 4.16. The van der Waals surface area contributed by atoms with Gasteiger partial charge in [0.1, 0.15) is 6.04 Å². The molecule has 1 aliphatic heterocycles. The maximum absolute atomic E-state index is 11.6. The minimum Gasteiger partial charge on any atom is -0.468 e. The molecule has 0 aromatic rings. The highest BCUT2D eigenvalue weighted by atomic mass is 16.5. The Morgan fingerprint density at radius 1 is 1.47 bits per heavy atom. The van der Waals surface area contributed by atoms with Crippen LogP contribution < -0.4 is 0 Å². The van der Waals surface area contributed by atoms with Crippen molar-refractivity contribution in [2.45, 2.75) is 45.4 Å². The van der Waals surface area contributed by atoms with Crippen LogP contribution in [0.1, 0.15) is 27.2 Å². The largest absolute Gasteiger partial charge is 0.468 e. The number of hydrogen-bond acceptors (Lipinski definition) is 4. The summed E-state index contributed by atoms with van der Waals surface area (Å²) in [5.74, 6) is -0.140. The van der Waals surface area contributed by atoms with Crippen molar-refractivity contribution in [1.29, 1.82) is 0 Å². The summed E-state index contributed by atoms with van der Waals surface area (Å²) in [6, 6.07) is -0.121. The summed E-state index contributed by atoms with van der Waals surface area (Å²) < 4.78 is 10.4. The van der Waals surface area contributed by atoms with Crippen molar-refractivity contribution in [2.24, 2.45) is 0 Å². The Kier molecular flexibility index (Phi) is 4.54. The van der Waals surface area contributed by atoms with Crippen LogP contribution in [0.3, 0.4) is 0 Å². The maximum Gasteiger partial charge on any atom is 0.323 e. The molecule has 0 aromatic heterocycles. The minimum atomic E-state index is -0.140. The summed E-state index contributed by atoms with van der Waals surface area (Å²) in [6.07, 6.45) is 1.16. The Hall–Kier alpha value is -0.610. The van der Waals surface area contributed by atoms with Gasteiger partial charge in [0.15, 0.2) is 0 Å². The van der Waals surface area contributed by atoms with Crippen molar-refractivity contribution in [2.75, 3.05) is 20.2 Å². The molecule has 1 saturated heterocycles. The summed E-state index contributed by atoms with van der Waals surface area (Å²) in [5, 5.41) is 0. The van der Waals surface area contributed by atoms with Gasteiger partial charge < -0.3 is 9.47 Å². The lowest BCUT2D eigenvalue weighted by molar-refractivity contribution is -0.152. The summed E-state index contributed by atoms with van der Waals surface area (Å²) >= 11 is 0. The Bertz CT molecular complexity index is 210. The summed E-state index contributed by atoms with van der Waals surface area (Å²) in [5.41, 5.74) is 0. The average molecular weight is 215 g/mol. The predicted octanol–water partition coefficient (Wildman–Crippen LogP) is 1.05. The third-order valence-corrected chi connectivity index (χ3v) is 2.75. The zero-order valence-corrected chi connectivity index (χ0v) is 10.0. The number of ether oxygens (including phenoxy) is 2. The zero-order chi connectivity index (χ0) is 11.4. The summed E-state index contributed by atoms with van der Waals surface area (Å²) in [4.78, 5) is 13.7. The Morgan fingerprint density at radius 2 is 2.00 bits per heavy atom. The van der Waals surface area contributed by atoms with Crippen LogP contribution in [0.25, 0.3) is 0 Å². The van der Waals surface area contributed by atoms with Crippen LogP contribution in [0, 0.1) is 0 Å². The SMILES string of the molecule is CC[C@H](C(=O)OC)N1C[C@@H](C)O[C@@H](C)C1. The van der Waals surface area contributed by atoms with Gasteiger partial charge in [-0.05, 0) is 20.3 Å². The molecule has 0 bridgehead atoms. The van der Waals surface area contributed by atoms with E-state index in [0.29, 0.717) is 0 Å². The van der Waals surface area contributed by atoms with E-state index < -0.39 is 0 Å². The average Bonchev–Trinajstić information content (AvgIpc) is 2.17. The molecule has 0 aromatic carbocycles. The minimum absolute atomic E-state index is 0.121. The molecule has 88 valence electrons. The number of esters is 1. The number of carbonyl (C=O) groups is 1. The van der Waals surface area contributed by atoms with Gasteiger partial charge >= 0.3 is 5.97 Å². The fraction of sp³-hybridized carbons (Fsp3) is 0.909. The fourth-order valence-electron chi connectivity index (χ4n) is 2.18. The fourth-order valence-corrected chi connectivity index (χ4v) is 2.18. The Balaban J connectivity index is 2.63. The highest BCUT2D eigenvalue weighted by Crippen LogP contribution is 2.16. The molecule has 4 heteroatoms. The van der Waals surface area contributed by atoms with Gasteiger partial charge in [-0.15, -0.1) is 0 Å². The molecular formula is C11H21NO3. The van der Waals surface area contributed by atoms with Crippen molar-refractivity contribution in [1.82, 2.24) is 4.90 Å². The lowest BCUT2D eigenvalue weighted by Crippen LogP contribution is -2.52. The molecule has 0 amide bonds. The normalized spacial score (nSPS) is 29.9. The van der Waals surface area contributed by atoms with Crippen LogP contribution in [0.15, 0.2) is 0 Å². The van der Waals surface area contributed by atoms with Crippen molar-refractivity contribution in [3.63, 3.8) is 0 Å². The molecule has 0 N–H and O–H groups in total. The smallest absolute Gasteiger partial charge is 0.323 e. The zero-order valence-electron chi connectivity index (χ0n) is 10.0. The van der Waals surface area contributed by atoms with Crippen molar-refractivity contribution in [3.8, 4) is 0 Å². The van der Waals surface area contributed by atoms with Gasteiger partial charge in [0.05, 0.1) is 19.3 Å². The number of nitrogens with zero attached hydrogens (tertiary/aromatic N) is 1. The molecule has 3 atom stereocenters. The number of hydrogen-bond donors (Lipinski definition) is 0. The van der Waals surface area contributed by atoms with E-state index in [1.807, 2.05) is 20.8 Å². The standard InChI is InChI=1S/C11H21NO3/c1-5-10(11(13)14-4)12-6-8(2)15-9(3)7-12/h8-10H,5-7H2,1-4H3/t8-,9+,10-/m1/s1. The number of carbonyl (C=O) groups excluding carboxylic acids is 1. The van der Waals surface area contributed by atoms with Crippen LogP contribution in [-0.2, 0) is 14.3 Å². The van der Waals surface area contributed by atoms with Gasteiger partial charge in [-0.3, -0.25) is 9.69 Å². The van der Waals surface area contributed by atoms with Gasteiger partial charge in [0.25, 0.3) is 0 Å². The molecule has 0 radical (unpaired) electrons. The van der Waals surface area contributed by atoms with Crippen LogP contribution in [0.4, 0.5) is 0 Å². The first kappa shape index (κ1) is 12.5. The molecule has 0 aliphatic carbocycles. The molecule has 4 nitrogen and oxygen atoms in total. The molecule has 1 fully saturated rings.